The van der Waals surface area contributed by atoms with Gasteiger partial charge in [-0.25, -0.2) is 9.50 Å². The molecular weight excluding hydrogens is 524 g/mol. The fourth-order valence-electron chi connectivity index (χ4n) is 4.14. The van der Waals surface area contributed by atoms with E-state index in [-0.39, 0.29) is 57.2 Å². The number of carbonyl (C=O) groups excluding carboxylic acids is 2. The van der Waals surface area contributed by atoms with E-state index in [1.54, 1.807) is 17.2 Å². The second-order valence-electron chi connectivity index (χ2n) is 8.34. The maximum atomic E-state index is 13.3. The fourth-order valence-corrected chi connectivity index (χ4v) is 4.31. The van der Waals surface area contributed by atoms with Gasteiger partial charge in [-0.15, -0.1) is 5.10 Å². The topological polar surface area (TPSA) is 145 Å². The highest BCUT2D eigenvalue weighted by molar-refractivity contribution is 6.31. The summed E-state index contributed by atoms with van der Waals surface area (Å²) >= 11 is 6.15. The van der Waals surface area contributed by atoms with Crippen LogP contribution in [0.15, 0.2) is 42.9 Å². The number of hydrogen-bond acceptors (Lipinski definition) is 8. The first kappa shape index (κ1) is 25.4. The van der Waals surface area contributed by atoms with Gasteiger partial charge in [0, 0.05) is 55.4 Å². The molecule has 5 rings (SSSR count). The van der Waals surface area contributed by atoms with Crippen molar-refractivity contribution >= 4 is 40.6 Å². The van der Waals surface area contributed by atoms with Crippen molar-refractivity contribution in [2.45, 2.75) is 13.2 Å². The Labute approximate surface area is 219 Å². The summed E-state index contributed by atoms with van der Waals surface area (Å²) in [5.41, 5.74) is 6.47. The van der Waals surface area contributed by atoms with Gasteiger partial charge in [0.1, 0.15) is 23.6 Å². The van der Waals surface area contributed by atoms with E-state index in [4.69, 9.17) is 17.3 Å². The summed E-state index contributed by atoms with van der Waals surface area (Å²) < 4.78 is 33.6. The summed E-state index contributed by atoms with van der Waals surface area (Å²) in [5.74, 6) is -1.13. The minimum Gasteiger partial charge on any atom is -0.434 e. The Balaban J connectivity index is 1.54. The van der Waals surface area contributed by atoms with Gasteiger partial charge in [-0.2, -0.15) is 13.9 Å². The third kappa shape index (κ3) is 5.21. The van der Waals surface area contributed by atoms with Gasteiger partial charge < -0.3 is 26.0 Å². The number of aromatic nitrogens is 5. The fraction of sp³-hybridized carbons (Fsp3) is 0.261. The molecular formula is C23H22ClF2N9O3. The molecule has 12 nitrogen and oxygen atoms in total. The predicted molar refractivity (Wildman–Crippen MR) is 134 cm³/mol. The number of halogens is 3. The van der Waals surface area contributed by atoms with Crippen LogP contribution in [0.4, 0.5) is 20.3 Å². The van der Waals surface area contributed by atoms with Crippen molar-refractivity contribution < 1.29 is 23.1 Å². The van der Waals surface area contributed by atoms with Crippen LogP contribution >= 0.6 is 11.6 Å². The molecule has 4 heterocycles. The van der Waals surface area contributed by atoms with Gasteiger partial charge in [-0.3, -0.25) is 14.3 Å². The molecule has 4 N–H and O–H groups in total. The maximum Gasteiger partial charge on any atom is 0.387 e. The standard InChI is InChI=1S/C23H22ClF2N9O3/c24-13-2-3-16(38-23(25)26)14(10-13)19-15(11-34(31-19)12-17(36)33-8-5-28-6-9-33)30-22(37)18-20(27)32-35-7-1-4-29-21(18)35/h1-4,7,10-11,23,28H,5-6,8-9,12H2,(H2,27,32)(H,30,37). The highest BCUT2D eigenvalue weighted by Crippen LogP contribution is 2.37. The van der Waals surface area contributed by atoms with Crippen LogP contribution in [0.5, 0.6) is 5.75 Å². The molecule has 1 saturated heterocycles. The van der Waals surface area contributed by atoms with Crippen LogP contribution in [0.1, 0.15) is 10.4 Å². The van der Waals surface area contributed by atoms with Crippen molar-refractivity contribution in [3.05, 3.63) is 53.4 Å². The number of nitrogens with zero attached hydrogens (tertiary/aromatic N) is 6. The maximum absolute atomic E-state index is 13.3. The second kappa shape index (κ2) is 10.6. The number of piperazine rings is 1. The molecule has 3 aromatic heterocycles. The number of amides is 2. The molecule has 4 aromatic rings. The van der Waals surface area contributed by atoms with Crippen molar-refractivity contribution in [3.63, 3.8) is 0 Å². The average Bonchev–Trinajstić information content (AvgIpc) is 3.44. The van der Waals surface area contributed by atoms with Crippen molar-refractivity contribution in [3.8, 4) is 17.0 Å². The molecule has 1 aliphatic rings. The molecule has 1 fully saturated rings. The SMILES string of the molecule is Nc1nn2cccnc2c1C(=O)Nc1cn(CC(=O)N2CCNCC2)nc1-c1cc(Cl)ccc1OC(F)F. The van der Waals surface area contributed by atoms with E-state index in [9.17, 15) is 18.4 Å². The zero-order valence-corrected chi connectivity index (χ0v) is 20.5. The van der Waals surface area contributed by atoms with Crippen molar-refractivity contribution in [1.29, 1.82) is 0 Å². The molecule has 0 bridgehead atoms. The van der Waals surface area contributed by atoms with E-state index in [1.807, 2.05) is 0 Å². The highest BCUT2D eigenvalue weighted by atomic mass is 35.5. The Kier molecular flexibility index (Phi) is 7.07. The Morgan fingerprint density at radius 3 is 2.79 bits per heavy atom. The van der Waals surface area contributed by atoms with Crippen molar-refractivity contribution in [2.24, 2.45) is 0 Å². The van der Waals surface area contributed by atoms with Gasteiger partial charge in [0.25, 0.3) is 5.91 Å². The summed E-state index contributed by atoms with van der Waals surface area (Å²) in [5, 5.41) is 14.6. The smallest absolute Gasteiger partial charge is 0.387 e. The molecule has 0 aliphatic carbocycles. The lowest BCUT2D eigenvalue weighted by Gasteiger charge is -2.27. The second-order valence-corrected chi connectivity index (χ2v) is 8.78. The Morgan fingerprint density at radius 2 is 2.03 bits per heavy atom. The molecule has 1 aromatic carbocycles. The summed E-state index contributed by atoms with van der Waals surface area (Å²) in [4.78, 5) is 32.0. The van der Waals surface area contributed by atoms with E-state index in [0.29, 0.717) is 26.2 Å². The lowest BCUT2D eigenvalue weighted by atomic mass is 10.1. The van der Waals surface area contributed by atoms with Crippen LogP contribution in [0, 0.1) is 0 Å². The lowest BCUT2D eigenvalue weighted by molar-refractivity contribution is -0.132. The molecule has 0 atom stereocenters. The number of carbonyl (C=O) groups is 2. The van der Waals surface area contributed by atoms with E-state index in [0.717, 1.165) is 0 Å². The normalized spacial score (nSPS) is 13.7. The van der Waals surface area contributed by atoms with Crippen molar-refractivity contribution in [1.82, 2.24) is 34.6 Å². The van der Waals surface area contributed by atoms with Crippen LogP contribution in [-0.2, 0) is 11.3 Å². The molecule has 15 heteroatoms. The summed E-state index contributed by atoms with van der Waals surface area (Å²) in [6, 6.07) is 5.66. The van der Waals surface area contributed by atoms with Crippen LogP contribution in [0.2, 0.25) is 5.02 Å². The van der Waals surface area contributed by atoms with Gasteiger partial charge in [0.2, 0.25) is 5.91 Å². The van der Waals surface area contributed by atoms with Crippen LogP contribution in [0.25, 0.3) is 16.9 Å². The number of alkyl halides is 2. The molecule has 0 saturated carbocycles. The Bertz CT molecular complexity index is 1500. The van der Waals surface area contributed by atoms with Gasteiger partial charge >= 0.3 is 6.61 Å². The number of benzene rings is 1. The Hall–Kier alpha value is -4.30. The molecule has 38 heavy (non-hydrogen) atoms. The lowest BCUT2D eigenvalue weighted by Crippen LogP contribution is -2.47. The number of ether oxygens (including phenoxy) is 1. The number of nitrogens with two attached hydrogens (primary N) is 1. The molecule has 1 aliphatic heterocycles. The number of fused-ring (bicyclic) bond motifs is 1. The largest absolute Gasteiger partial charge is 0.434 e. The molecule has 198 valence electrons. The molecule has 0 radical (unpaired) electrons. The zero-order chi connectivity index (χ0) is 26.8. The number of nitrogens with one attached hydrogen (secondary N) is 2. The monoisotopic (exact) mass is 545 g/mol. The minimum atomic E-state index is -3.12. The average molecular weight is 546 g/mol. The molecule has 0 unspecified atom stereocenters. The summed E-state index contributed by atoms with van der Waals surface area (Å²) in [6.07, 6.45) is 4.49. The van der Waals surface area contributed by atoms with E-state index in [1.165, 1.54) is 39.8 Å². The van der Waals surface area contributed by atoms with E-state index >= 15 is 0 Å². The zero-order valence-electron chi connectivity index (χ0n) is 19.8. The minimum absolute atomic E-state index is 0.0105. The number of hydrogen-bond donors (Lipinski definition) is 3. The van der Waals surface area contributed by atoms with Crippen LogP contribution in [0.3, 0.4) is 0 Å². The van der Waals surface area contributed by atoms with Gasteiger partial charge in [-0.05, 0) is 24.3 Å². The van der Waals surface area contributed by atoms with Gasteiger partial charge in [0.05, 0.1) is 5.69 Å². The predicted octanol–water partition coefficient (Wildman–Crippen LogP) is 2.11. The van der Waals surface area contributed by atoms with E-state index < -0.39 is 12.5 Å². The Morgan fingerprint density at radius 1 is 1.24 bits per heavy atom. The van der Waals surface area contributed by atoms with Crippen LogP contribution in [-0.4, -0.2) is 73.9 Å². The quantitative estimate of drug-likeness (QED) is 0.320. The number of rotatable bonds is 7. The van der Waals surface area contributed by atoms with E-state index in [2.05, 4.69) is 30.6 Å². The first-order valence-corrected chi connectivity index (χ1v) is 11.9. The first-order chi connectivity index (χ1) is 18.3. The van der Waals surface area contributed by atoms with Crippen LogP contribution < -0.4 is 21.1 Å². The first-order valence-electron chi connectivity index (χ1n) is 11.5. The number of anilines is 2. The molecule has 2 amide bonds. The summed E-state index contributed by atoms with van der Waals surface area (Å²) in [6.45, 7) is -0.841. The van der Waals surface area contributed by atoms with Gasteiger partial charge in [-0.1, -0.05) is 11.6 Å². The third-order valence-electron chi connectivity index (χ3n) is 5.84. The molecule has 0 spiro atoms. The highest BCUT2D eigenvalue weighted by Gasteiger charge is 2.25. The third-order valence-corrected chi connectivity index (χ3v) is 6.07. The van der Waals surface area contributed by atoms with Gasteiger partial charge in [0.15, 0.2) is 11.5 Å². The summed E-state index contributed by atoms with van der Waals surface area (Å²) in [7, 11) is 0. The van der Waals surface area contributed by atoms with Crippen molar-refractivity contribution in [2.75, 3.05) is 37.2 Å². The number of nitrogen functional groups attached to an aromatic ring is 1.